The molecule has 206 valence electrons. The lowest BCUT2D eigenvalue weighted by molar-refractivity contribution is -0.127. The Labute approximate surface area is 229 Å². The first kappa shape index (κ1) is 30.8. The summed E-state index contributed by atoms with van der Waals surface area (Å²) in [5.41, 5.74) is 3.06. The number of aliphatic hydroxyl groups excluding tert-OH is 1. The third-order valence-corrected chi connectivity index (χ3v) is 5.59. The largest absolute Gasteiger partial charge is 0.493 e. The summed E-state index contributed by atoms with van der Waals surface area (Å²) in [5.74, 6) is 0.364. The van der Waals surface area contributed by atoms with Gasteiger partial charge in [0.2, 0.25) is 5.95 Å². The lowest BCUT2D eigenvalue weighted by Crippen LogP contribution is -2.20. The van der Waals surface area contributed by atoms with Crippen molar-refractivity contribution in [3.63, 3.8) is 0 Å². The number of nitrogens with zero attached hydrogens (tertiary/aromatic N) is 3. The lowest BCUT2D eigenvalue weighted by Gasteiger charge is -2.18. The molecule has 0 radical (unpaired) electrons. The van der Waals surface area contributed by atoms with E-state index in [0.717, 1.165) is 29.8 Å². The van der Waals surface area contributed by atoms with Crippen molar-refractivity contribution in [1.82, 2.24) is 15.0 Å². The van der Waals surface area contributed by atoms with Crippen LogP contribution in [0.25, 0.3) is 0 Å². The Bertz CT molecular complexity index is 1150. The van der Waals surface area contributed by atoms with Gasteiger partial charge in [0.25, 0.3) is 0 Å². The quantitative estimate of drug-likeness (QED) is 0.153. The maximum Gasteiger partial charge on any atom is 0.229 e. The Morgan fingerprint density at radius 2 is 1.82 bits per heavy atom. The van der Waals surface area contributed by atoms with E-state index in [1.807, 2.05) is 37.3 Å². The number of pyridine rings is 1. The van der Waals surface area contributed by atoms with Crippen molar-refractivity contribution in [3.8, 4) is 5.75 Å². The molecule has 38 heavy (non-hydrogen) atoms. The molecule has 0 bridgehead atoms. The van der Waals surface area contributed by atoms with Gasteiger partial charge in [0, 0.05) is 25.0 Å². The fourth-order valence-electron chi connectivity index (χ4n) is 3.33. The van der Waals surface area contributed by atoms with Crippen molar-refractivity contribution in [1.29, 1.82) is 0 Å². The van der Waals surface area contributed by atoms with Crippen LogP contribution in [0.2, 0.25) is 0 Å². The van der Waals surface area contributed by atoms with Crippen molar-refractivity contribution in [2.45, 2.75) is 46.3 Å². The monoisotopic (exact) mass is 542 g/mol. The van der Waals surface area contributed by atoms with Crippen molar-refractivity contribution >= 4 is 40.3 Å². The summed E-state index contributed by atoms with van der Waals surface area (Å²) in [6, 6.07) is 11.6. The average molecular weight is 543 g/mol. The molecule has 1 unspecified atom stereocenters. The molecule has 0 spiro atoms. The number of aryl methyl sites for hydroxylation is 1. The molecular formula is C27H38N6O4S. The minimum absolute atomic E-state index is 0.163. The highest BCUT2D eigenvalue weighted by Crippen LogP contribution is 2.27. The Kier molecular flexibility index (Phi) is 12.3. The molecule has 0 aliphatic heterocycles. The van der Waals surface area contributed by atoms with E-state index in [-0.39, 0.29) is 12.5 Å². The molecule has 11 heteroatoms. The number of nitrogens with one attached hydrogen (secondary N) is 3. The number of ether oxygens (including phenoxy) is 1. The fourth-order valence-corrected chi connectivity index (χ4v) is 3.69. The van der Waals surface area contributed by atoms with Gasteiger partial charge in [-0.2, -0.15) is 4.98 Å². The first-order valence-corrected chi connectivity index (χ1v) is 12.8. The van der Waals surface area contributed by atoms with E-state index in [1.54, 1.807) is 25.6 Å². The first-order valence-electron chi connectivity index (χ1n) is 12.3. The zero-order chi connectivity index (χ0) is 28.1. The van der Waals surface area contributed by atoms with E-state index in [4.69, 9.17) is 32.2 Å². The van der Waals surface area contributed by atoms with Gasteiger partial charge in [-0.25, -0.2) is 4.98 Å². The zero-order valence-electron chi connectivity index (χ0n) is 22.5. The van der Waals surface area contributed by atoms with Gasteiger partial charge >= 0.3 is 0 Å². The molecular weight excluding hydrogens is 504 g/mol. The van der Waals surface area contributed by atoms with E-state index < -0.39 is 5.79 Å². The SMILES string of the molecule is CC(C)(O)O.CCC(CO)CCNc1nc(Nc2ccncc2OC)nc(C)c1C(=S)Nc1ccccc1. The first-order chi connectivity index (χ1) is 18.0. The number of hydrogen-bond acceptors (Lipinski definition) is 10. The zero-order valence-corrected chi connectivity index (χ0v) is 23.3. The Morgan fingerprint density at radius 1 is 1.13 bits per heavy atom. The molecule has 0 saturated carbocycles. The fraction of sp³-hybridized carbons (Fsp3) is 0.407. The normalized spacial score (nSPS) is 11.6. The Balaban J connectivity index is 0.000000926. The minimum Gasteiger partial charge on any atom is -0.493 e. The number of para-hydroxylation sites is 1. The van der Waals surface area contributed by atoms with Gasteiger partial charge in [-0.15, -0.1) is 0 Å². The molecule has 6 N–H and O–H groups in total. The number of aromatic nitrogens is 3. The summed E-state index contributed by atoms with van der Waals surface area (Å²) in [6.45, 7) is 7.38. The second-order valence-electron chi connectivity index (χ2n) is 9.04. The van der Waals surface area contributed by atoms with E-state index in [9.17, 15) is 5.11 Å². The Hall–Kier alpha value is -3.38. The molecule has 1 aromatic carbocycles. The van der Waals surface area contributed by atoms with E-state index in [0.29, 0.717) is 34.7 Å². The smallest absolute Gasteiger partial charge is 0.229 e. The number of anilines is 4. The number of methoxy groups -OCH3 is 1. The van der Waals surface area contributed by atoms with Gasteiger partial charge in [0.05, 0.1) is 30.3 Å². The number of aliphatic hydroxyl groups is 3. The second-order valence-corrected chi connectivity index (χ2v) is 9.45. The molecule has 3 aromatic rings. The van der Waals surface area contributed by atoms with Crippen LogP contribution in [0.3, 0.4) is 0 Å². The van der Waals surface area contributed by atoms with E-state index >= 15 is 0 Å². The standard InChI is InChI=1S/C24H30N6O2S.C3H8O2/c1-4-17(15-31)10-13-26-22-21(23(33)28-18-8-6-5-7-9-18)16(2)27-24(30-22)29-19-11-12-25-14-20(19)32-3;1-3(2,4)5/h5-9,11-12,14,17,31H,4,10,13,15H2,1-3H3,(H,28,33)(H2,25,26,27,29,30);4-5H,1-2H3. The third-order valence-electron chi connectivity index (χ3n) is 5.28. The Morgan fingerprint density at radius 3 is 2.42 bits per heavy atom. The topological polar surface area (TPSA) is 145 Å². The summed E-state index contributed by atoms with van der Waals surface area (Å²) < 4.78 is 5.37. The number of benzene rings is 1. The second kappa shape index (κ2) is 15.1. The van der Waals surface area contributed by atoms with Crippen LogP contribution in [0.1, 0.15) is 44.9 Å². The third kappa shape index (κ3) is 10.5. The van der Waals surface area contributed by atoms with Crippen LogP contribution in [0, 0.1) is 12.8 Å². The summed E-state index contributed by atoms with van der Waals surface area (Å²) in [7, 11) is 1.59. The molecule has 3 rings (SSSR count). The van der Waals surface area contributed by atoms with Crippen LogP contribution in [0.4, 0.5) is 23.1 Å². The number of rotatable bonds is 11. The predicted octanol–water partition coefficient (Wildman–Crippen LogP) is 4.25. The summed E-state index contributed by atoms with van der Waals surface area (Å²) in [5, 5.41) is 35.6. The molecule has 0 fully saturated rings. The highest BCUT2D eigenvalue weighted by atomic mass is 32.1. The molecule has 1 atom stereocenters. The molecule has 0 aliphatic rings. The van der Waals surface area contributed by atoms with Crippen LogP contribution in [-0.4, -0.2) is 61.3 Å². The van der Waals surface area contributed by atoms with Crippen LogP contribution < -0.4 is 20.7 Å². The molecule has 0 saturated heterocycles. The van der Waals surface area contributed by atoms with E-state index in [1.165, 1.54) is 13.8 Å². The molecule has 10 nitrogen and oxygen atoms in total. The van der Waals surface area contributed by atoms with Gasteiger partial charge in [-0.3, -0.25) is 4.98 Å². The summed E-state index contributed by atoms with van der Waals surface area (Å²) in [6.07, 6.45) is 5.02. The van der Waals surface area contributed by atoms with Crippen LogP contribution in [0.15, 0.2) is 48.8 Å². The van der Waals surface area contributed by atoms with Crippen molar-refractivity contribution in [2.75, 3.05) is 36.2 Å². The summed E-state index contributed by atoms with van der Waals surface area (Å²) >= 11 is 5.72. The van der Waals surface area contributed by atoms with Gasteiger partial charge in [0.1, 0.15) is 10.8 Å². The van der Waals surface area contributed by atoms with Gasteiger partial charge in [0.15, 0.2) is 11.5 Å². The minimum atomic E-state index is -1.50. The van der Waals surface area contributed by atoms with Gasteiger partial charge in [-0.1, -0.05) is 43.8 Å². The highest BCUT2D eigenvalue weighted by molar-refractivity contribution is 7.81. The van der Waals surface area contributed by atoms with Crippen LogP contribution in [-0.2, 0) is 0 Å². The highest BCUT2D eigenvalue weighted by Gasteiger charge is 2.18. The number of thiocarbonyl (C=S) groups is 1. The van der Waals surface area contributed by atoms with Crippen molar-refractivity contribution < 1.29 is 20.1 Å². The van der Waals surface area contributed by atoms with Crippen molar-refractivity contribution in [2.24, 2.45) is 5.92 Å². The molecule has 0 aliphatic carbocycles. The average Bonchev–Trinajstić information content (AvgIpc) is 2.86. The number of hydrogen-bond donors (Lipinski definition) is 6. The lowest BCUT2D eigenvalue weighted by atomic mass is 10.0. The van der Waals surface area contributed by atoms with E-state index in [2.05, 4.69) is 32.8 Å². The predicted molar refractivity (Wildman–Crippen MR) is 155 cm³/mol. The van der Waals surface area contributed by atoms with Gasteiger partial charge in [-0.05, 0) is 51.3 Å². The molecule has 0 amide bonds. The van der Waals surface area contributed by atoms with Crippen molar-refractivity contribution in [3.05, 3.63) is 60.0 Å². The van der Waals surface area contributed by atoms with Gasteiger partial charge < -0.3 is 36.0 Å². The van der Waals surface area contributed by atoms with Crippen LogP contribution in [0.5, 0.6) is 5.75 Å². The maximum absolute atomic E-state index is 9.52. The summed E-state index contributed by atoms with van der Waals surface area (Å²) in [4.78, 5) is 14.0. The molecule has 2 heterocycles. The van der Waals surface area contributed by atoms with Crippen LogP contribution >= 0.6 is 12.2 Å². The molecule has 2 aromatic heterocycles. The maximum atomic E-state index is 9.52.